The van der Waals surface area contributed by atoms with E-state index in [0.717, 1.165) is 4.90 Å². The van der Waals surface area contributed by atoms with E-state index in [4.69, 9.17) is 28.0 Å². The van der Waals surface area contributed by atoms with Crippen molar-refractivity contribution in [1.29, 1.82) is 0 Å². The molecule has 2 aromatic carbocycles. The molecule has 5 nitrogen and oxygen atoms in total. The molecule has 0 aromatic heterocycles. The number of carbonyl (C=O) groups is 2. The molecule has 2 aliphatic rings. The maximum Gasteiger partial charge on any atom is 0.281 e. The number of carbonyl (C=O) groups excluding carboxylic acids is 2. The highest BCUT2D eigenvalue weighted by Gasteiger charge is 2.58. The van der Waals surface area contributed by atoms with E-state index in [1.165, 1.54) is 18.2 Å². The molecule has 2 aliphatic heterocycles. The number of hydrogen-bond donors (Lipinski definition) is 0. The Morgan fingerprint density at radius 1 is 1.08 bits per heavy atom. The van der Waals surface area contributed by atoms with Crippen molar-refractivity contribution in [2.75, 3.05) is 4.90 Å². The van der Waals surface area contributed by atoms with Crippen LogP contribution >= 0.6 is 23.2 Å². The Balaban J connectivity index is 1.65. The molecule has 2 heterocycles. The zero-order chi connectivity index (χ0) is 18.5. The first-order valence-corrected chi connectivity index (χ1v) is 8.49. The summed E-state index contributed by atoms with van der Waals surface area (Å²) >= 11 is 11.9. The van der Waals surface area contributed by atoms with Crippen molar-refractivity contribution in [3.05, 3.63) is 63.9 Å². The SMILES string of the molecule is O=C1CC2(CC(c3c(F)cccc3Cl)=NO2)C(=O)N1c1ccc(Cl)cc1. The van der Waals surface area contributed by atoms with Crippen LogP contribution in [0, 0.1) is 5.82 Å². The minimum absolute atomic E-state index is 0.0394. The van der Waals surface area contributed by atoms with Crippen LogP contribution in [-0.2, 0) is 14.4 Å². The third-order valence-electron chi connectivity index (χ3n) is 4.40. The van der Waals surface area contributed by atoms with Gasteiger partial charge in [0.2, 0.25) is 11.5 Å². The lowest BCUT2D eigenvalue weighted by Crippen LogP contribution is -2.40. The summed E-state index contributed by atoms with van der Waals surface area (Å²) < 4.78 is 14.1. The van der Waals surface area contributed by atoms with Crippen molar-refractivity contribution >= 4 is 46.4 Å². The van der Waals surface area contributed by atoms with Crippen LogP contribution in [0.2, 0.25) is 10.0 Å². The van der Waals surface area contributed by atoms with Gasteiger partial charge in [0.05, 0.1) is 28.4 Å². The van der Waals surface area contributed by atoms with Gasteiger partial charge in [-0.15, -0.1) is 0 Å². The molecule has 0 radical (unpaired) electrons. The van der Waals surface area contributed by atoms with Crippen molar-refractivity contribution in [1.82, 2.24) is 0 Å². The number of oxime groups is 1. The van der Waals surface area contributed by atoms with Gasteiger partial charge in [0.25, 0.3) is 5.91 Å². The van der Waals surface area contributed by atoms with Crippen molar-refractivity contribution in [3.63, 3.8) is 0 Å². The van der Waals surface area contributed by atoms with E-state index in [9.17, 15) is 14.0 Å². The van der Waals surface area contributed by atoms with Crippen molar-refractivity contribution in [3.8, 4) is 0 Å². The molecule has 1 fully saturated rings. The maximum atomic E-state index is 14.1. The van der Waals surface area contributed by atoms with E-state index in [1.807, 2.05) is 0 Å². The van der Waals surface area contributed by atoms with Gasteiger partial charge in [0, 0.05) is 11.4 Å². The Morgan fingerprint density at radius 3 is 2.50 bits per heavy atom. The number of halogens is 3. The molecule has 0 saturated carbocycles. The first-order chi connectivity index (χ1) is 12.4. The normalized spacial score (nSPS) is 22.1. The quantitative estimate of drug-likeness (QED) is 0.726. The predicted octanol–water partition coefficient (Wildman–Crippen LogP) is 3.96. The highest BCUT2D eigenvalue weighted by molar-refractivity contribution is 6.35. The topological polar surface area (TPSA) is 59.0 Å². The lowest BCUT2D eigenvalue weighted by molar-refractivity contribution is -0.136. The fourth-order valence-corrected chi connectivity index (χ4v) is 3.56. The van der Waals surface area contributed by atoms with Crippen LogP contribution in [0.4, 0.5) is 10.1 Å². The third kappa shape index (κ3) is 2.57. The molecular weight excluding hydrogens is 382 g/mol. The highest BCUT2D eigenvalue weighted by atomic mass is 35.5. The number of hydrogen-bond acceptors (Lipinski definition) is 4. The molecular formula is C18H11Cl2FN2O3. The first kappa shape index (κ1) is 17.0. The van der Waals surface area contributed by atoms with E-state index < -0.39 is 23.2 Å². The summed E-state index contributed by atoms with van der Waals surface area (Å²) in [5.41, 5.74) is -0.803. The van der Waals surface area contributed by atoms with E-state index in [1.54, 1.807) is 24.3 Å². The van der Waals surface area contributed by atoms with Crippen LogP contribution in [0.15, 0.2) is 47.6 Å². The number of amides is 2. The highest BCUT2D eigenvalue weighted by Crippen LogP contribution is 2.40. The first-order valence-electron chi connectivity index (χ1n) is 7.74. The molecule has 26 heavy (non-hydrogen) atoms. The summed E-state index contributed by atoms with van der Waals surface area (Å²) in [5, 5.41) is 4.51. The number of benzene rings is 2. The molecule has 1 spiro atoms. The van der Waals surface area contributed by atoms with Crippen molar-refractivity contribution < 1.29 is 18.8 Å². The average Bonchev–Trinajstić information content (AvgIpc) is 3.11. The summed E-state index contributed by atoms with van der Waals surface area (Å²) in [6, 6.07) is 10.5. The fourth-order valence-electron chi connectivity index (χ4n) is 3.16. The smallest absolute Gasteiger partial charge is 0.281 e. The molecule has 1 atom stereocenters. The molecule has 0 aliphatic carbocycles. The number of anilines is 1. The monoisotopic (exact) mass is 392 g/mol. The molecule has 1 saturated heterocycles. The molecule has 1 unspecified atom stereocenters. The average molecular weight is 393 g/mol. The predicted molar refractivity (Wildman–Crippen MR) is 94.9 cm³/mol. The maximum absolute atomic E-state index is 14.1. The van der Waals surface area contributed by atoms with Crippen molar-refractivity contribution in [2.45, 2.75) is 18.4 Å². The Labute approximate surface area is 157 Å². The second kappa shape index (κ2) is 6.07. The zero-order valence-corrected chi connectivity index (χ0v) is 14.7. The minimum Gasteiger partial charge on any atom is -0.378 e. The number of rotatable bonds is 2. The van der Waals surface area contributed by atoms with Crippen LogP contribution in [-0.4, -0.2) is 23.1 Å². The molecule has 2 amide bonds. The Hall–Kier alpha value is -2.44. The van der Waals surface area contributed by atoms with Gasteiger partial charge in [-0.25, -0.2) is 9.29 Å². The van der Waals surface area contributed by atoms with Gasteiger partial charge in [-0.1, -0.05) is 34.4 Å². The molecule has 4 rings (SSSR count). The number of nitrogens with zero attached hydrogens (tertiary/aromatic N) is 2. The Kier molecular flexibility index (Phi) is 3.97. The Bertz CT molecular complexity index is 941. The summed E-state index contributed by atoms with van der Waals surface area (Å²) in [6.45, 7) is 0. The second-order valence-corrected chi connectivity index (χ2v) is 6.93. The van der Waals surface area contributed by atoms with E-state index in [-0.39, 0.29) is 29.1 Å². The van der Waals surface area contributed by atoms with Crippen LogP contribution in [0.1, 0.15) is 18.4 Å². The van der Waals surface area contributed by atoms with Gasteiger partial charge in [0.1, 0.15) is 5.82 Å². The van der Waals surface area contributed by atoms with Gasteiger partial charge >= 0.3 is 0 Å². The third-order valence-corrected chi connectivity index (χ3v) is 4.97. The second-order valence-electron chi connectivity index (χ2n) is 6.08. The van der Waals surface area contributed by atoms with Crippen LogP contribution in [0.3, 0.4) is 0 Å². The van der Waals surface area contributed by atoms with Gasteiger partial charge in [-0.2, -0.15) is 0 Å². The van der Waals surface area contributed by atoms with Gasteiger partial charge in [-0.3, -0.25) is 9.59 Å². The summed E-state index contributed by atoms with van der Waals surface area (Å²) in [5.74, 6) is -1.53. The largest absolute Gasteiger partial charge is 0.378 e. The van der Waals surface area contributed by atoms with Gasteiger partial charge in [0.15, 0.2) is 0 Å². The fraction of sp³-hybridized carbons (Fsp3) is 0.167. The van der Waals surface area contributed by atoms with E-state index >= 15 is 0 Å². The standard InChI is InChI=1S/C18H11Cl2FN2O3/c19-10-4-6-11(7-5-10)23-15(24)9-18(17(23)25)8-14(22-26-18)16-12(20)2-1-3-13(16)21/h1-7H,8-9H2. The minimum atomic E-state index is -1.47. The van der Waals surface area contributed by atoms with E-state index in [0.29, 0.717) is 10.7 Å². The molecule has 2 aromatic rings. The summed E-state index contributed by atoms with van der Waals surface area (Å²) in [4.78, 5) is 31.8. The van der Waals surface area contributed by atoms with Gasteiger partial charge < -0.3 is 4.84 Å². The molecule has 0 bridgehead atoms. The molecule has 132 valence electrons. The van der Waals surface area contributed by atoms with Gasteiger partial charge in [-0.05, 0) is 36.4 Å². The Morgan fingerprint density at radius 2 is 1.81 bits per heavy atom. The number of imide groups is 1. The lowest BCUT2D eigenvalue weighted by Gasteiger charge is -2.19. The summed E-state index contributed by atoms with van der Waals surface area (Å²) in [6.07, 6.45) is -0.226. The van der Waals surface area contributed by atoms with Crippen LogP contribution < -0.4 is 4.90 Å². The molecule has 0 N–H and O–H groups in total. The van der Waals surface area contributed by atoms with Crippen molar-refractivity contribution in [2.24, 2.45) is 5.16 Å². The van der Waals surface area contributed by atoms with Crippen LogP contribution in [0.25, 0.3) is 0 Å². The zero-order valence-electron chi connectivity index (χ0n) is 13.2. The van der Waals surface area contributed by atoms with Crippen LogP contribution in [0.5, 0.6) is 0 Å². The van der Waals surface area contributed by atoms with E-state index in [2.05, 4.69) is 5.16 Å². The molecule has 8 heteroatoms. The lowest BCUT2D eigenvalue weighted by atomic mass is 9.92. The summed E-state index contributed by atoms with van der Waals surface area (Å²) in [7, 11) is 0.